The first-order valence-corrected chi connectivity index (χ1v) is 8.64. The third-order valence-electron chi connectivity index (χ3n) is 3.19. The summed E-state index contributed by atoms with van der Waals surface area (Å²) in [5.41, 5.74) is 8.19. The highest BCUT2D eigenvalue weighted by Crippen LogP contribution is 2.34. The molecule has 140 valence electrons. The maximum atomic E-state index is 11.5. The Labute approximate surface area is 149 Å². The SMILES string of the molecule is CCS[C@@H]1OC(COC(C)=O)[C@H](OC(C)=O)[C@H](OC(C)=O)C1N=[N+]=[N-]. The van der Waals surface area contributed by atoms with Crippen LogP contribution in [0.25, 0.3) is 10.4 Å². The van der Waals surface area contributed by atoms with Crippen molar-refractivity contribution in [2.75, 3.05) is 12.4 Å². The first-order valence-electron chi connectivity index (χ1n) is 7.59. The van der Waals surface area contributed by atoms with Crippen molar-refractivity contribution >= 4 is 29.7 Å². The third kappa shape index (κ3) is 6.45. The molecule has 0 amide bonds. The molecule has 0 N–H and O–H groups in total. The number of nitrogens with zero attached hydrogens (tertiary/aromatic N) is 3. The van der Waals surface area contributed by atoms with E-state index < -0.39 is 47.7 Å². The number of ether oxygens (including phenoxy) is 4. The summed E-state index contributed by atoms with van der Waals surface area (Å²) in [6, 6.07) is -0.906. The van der Waals surface area contributed by atoms with Crippen LogP contribution in [0, 0.1) is 0 Å². The normalized spacial score (nSPS) is 28.4. The van der Waals surface area contributed by atoms with E-state index in [0.717, 1.165) is 0 Å². The van der Waals surface area contributed by atoms with Gasteiger partial charge in [-0.05, 0) is 11.3 Å². The summed E-state index contributed by atoms with van der Waals surface area (Å²) in [5.74, 6) is -1.17. The van der Waals surface area contributed by atoms with Crippen LogP contribution < -0.4 is 0 Å². The van der Waals surface area contributed by atoms with Crippen LogP contribution in [0.1, 0.15) is 27.7 Å². The second-order valence-electron chi connectivity index (χ2n) is 5.14. The summed E-state index contributed by atoms with van der Waals surface area (Å²) in [7, 11) is 0. The summed E-state index contributed by atoms with van der Waals surface area (Å²) < 4.78 is 21.3. The number of esters is 3. The van der Waals surface area contributed by atoms with Gasteiger partial charge in [0.1, 0.15) is 24.2 Å². The summed E-state index contributed by atoms with van der Waals surface area (Å²) in [5, 5.41) is 3.66. The van der Waals surface area contributed by atoms with Gasteiger partial charge < -0.3 is 18.9 Å². The monoisotopic (exact) mass is 375 g/mol. The lowest BCUT2D eigenvalue weighted by molar-refractivity contribution is -0.208. The average molecular weight is 375 g/mol. The lowest BCUT2D eigenvalue weighted by atomic mass is 9.98. The summed E-state index contributed by atoms with van der Waals surface area (Å²) in [6.07, 6.45) is -3.01. The molecule has 0 aromatic rings. The van der Waals surface area contributed by atoms with Crippen LogP contribution in [0.2, 0.25) is 0 Å². The van der Waals surface area contributed by atoms with E-state index >= 15 is 0 Å². The molecule has 1 heterocycles. The van der Waals surface area contributed by atoms with Crippen LogP contribution in [0.3, 0.4) is 0 Å². The number of hydrogen-bond acceptors (Lipinski definition) is 9. The quantitative estimate of drug-likeness (QED) is 0.215. The highest BCUT2D eigenvalue weighted by Gasteiger charge is 2.50. The predicted molar refractivity (Wildman–Crippen MR) is 87.5 cm³/mol. The molecule has 0 saturated carbocycles. The van der Waals surface area contributed by atoms with Crippen LogP contribution in [0.15, 0.2) is 5.11 Å². The van der Waals surface area contributed by atoms with Crippen LogP contribution in [-0.4, -0.2) is 60.1 Å². The van der Waals surface area contributed by atoms with Crippen LogP contribution in [-0.2, 0) is 33.3 Å². The van der Waals surface area contributed by atoms with E-state index in [1.54, 1.807) is 0 Å². The molecule has 1 fully saturated rings. The standard InChI is InChI=1S/C14H21N3O7S/c1-5-25-14-11(16-17-15)13(23-9(4)20)12(22-8(3)19)10(24-14)6-21-7(2)18/h10-14H,5-6H2,1-4H3/t10?,11?,12-,13+,14-/m0/s1. The molecule has 5 atom stereocenters. The maximum Gasteiger partial charge on any atom is 0.303 e. The fraction of sp³-hybridized carbons (Fsp3) is 0.786. The van der Waals surface area contributed by atoms with Crippen LogP contribution >= 0.6 is 11.8 Å². The Morgan fingerprint density at radius 2 is 1.72 bits per heavy atom. The highest BCUT2D eigenvalue weighted by molar-refractivity contribution is 7.99. The molecule has 1 aliphatic rings. The first kappa shape index (κ1) is 21.1. The highest BCUT2D eigenvalue weighted by atomic mass is 32.2. The van der Waals surface area contributed by atoms with Crippen molar-refractivity contribution in [1.29, 1.82) is 0 Å². The van der Waals surface area contributed by atoms with Gasteiger partial charge in [-0.15, -0.1) is 11.8 Å². The second kappa shape index (κ2) is 10.1. The van der Waals surface area contributed by atoms with E-state index in [1.807, 2.05) is 6.92 Å². The number of thioether (sulfide) groups is 1. The van der Waals surface area contributed by atoms with Gasteiger partial charge in [0, 0.05) is 25.7 Å². The smallest absolute Gasteiger partial charge is 0.303 e. The molecule has 0 aromatic carbocycles. The Balaban J connectivity index is 3.21. The van der Waals surface area contributed by atoms with E-state index in [4.69, 9.17) is 24.5 Å². The molecule has 1 rings (SSSR count). The van der Waals surface area contributed by atoms with Crippen molar-refractivity contribution in [3.63, 3.8) is 0 Å². The fourth-order valence-electron chi connectivity index (χ4n) is 2.37. The third-order valence-corrected chi connectivity index (χ3v) is 4.24. The van der Waals surface area contributed by atoms with Crippen LogP contribution in [0.4, 0.5) is 0 Å². The van der Waals surface area contributed by atoms with E-state index in [0.29, 0.717) is 5.75 Å². The maximum absolute atomic E-state index is 11.5. The van der Waals surface area contributed by atoms with E-state index in [2.05, 4.69) is 10.0 Å². The second-order valence-corrected chi connectivity index (χ2v) is 6.52. The predicted octanol–water partition coefficient (Wildman–Crippen LogP) is 1.57. The summed E-state index contributed by atoms with van der Waals surface area (Å²) in [4.78, 5) is 36.8. The average Bonchev–Trinajstić information content (AvgIpc) is 2.50. The Kier molecular flexibility index (Phi) is 8.53. The van der Waals surface area contributed by atoms with Crippen molar-refractivity contribution < 1.29 is 33.3 Å². The topological polar surface area (TPSA) is 137 Å². The van der Waals surface area contributed by atoms with Gasteiger partial charge in [0.25, 0.3) is 0 Å². The lowest BCUT2D eigenvalue weighted by Crippen LogP contribution is -2.59. The molecule has 0 bridgehead atoms. The van der Waals surface area contributed by atoms with E-state index in [9.17, 15) is 14.4 Å². The zero-order valence-electron chi connectivity index (χ0n) is 14.4. The zero-order valence-corrected chi connectivity index (χ0v) is 15.2. The molecule has 1 aliphatic heterocycles. The lowest BCUT2D eigenvalue weighted by Gasteiger charge is -2.43. The van der Waals surface area contributed by atoms with Gasteiger partial charge >= 0.3 is 17.9 Å². The molecule has 0 aromatic heterocycles. The molecule has 1 saturated heterocycles. The Hall–Kier alpha value is -1.97. The largest absolute Gasteiger partial charge is 0.463 e. The van der Waals surface area contributed by atoms with Gasteiger partial charge in [-0.2, -0.15) is 0 Å². The number of azide groups is 1. The van der Waals surface area contributed by atoms with Gasteiger partial charge in [0.2, 0.25) is 0 Å². The minimum Gasteiger partial charge on any atom is -0.463 e. The van der Waals surface area contributed by atoms with Crippen LogP contribution in [0.5, 0.6) is 0 Å². The molecule has 0 aliphatic carbocycles. The molecule has 10 nitrogen and oxygen atoms in total. The number of carbonyl (C=O) groups is 3. The van der Waals surface area contributed by atoms with E-state index in [-0.39, 0.29) is 6.61 Å². The van der Waals surface area contributed by atoms with E-state index in [1.165, 1.54) is 32.5 Å². The Bertz CT molecular complexity index is 553. The fourth-order valence-corrected chi connectivity index (χ4v) is 3.33. The minimum atomic E-state index is -1.08. The first-order chi connectivity index (χ1) is 11.8. The Morgan fingerprint density at radius 3 is 2.20 bits per heavy atom. The van der Waals surface area contributed by atoms with Crippen molar-refractivity contribution in [2.45, 2.75) is 57.5 Å². The van der Waals surface area contributed by atoms with Gasteiger partial charge in [-0.1, -0.05) is 12.0 Å². The van der Waals surface area contributed by atoms with Crippen molar-refractivity contribution in [1.82, 2.24) is 0 Å². The minimum absolute atomic E-state index is 0.200. The van der Waals surface area contributed by atoms with Crippen molar-refractivity contribution in [3.8, 4) is 0 Å². The van der Waals surface area contributed by atoms with Gasteiger partial charge in [-0.25, -0.2) is 0 Å². The van der Waals surface area contributed by atoms with Gasteiger partial charge in [0.15, 0.2) is 12.2 Å². The number of carbonyl (C=O) groups excluding carboxylic acids is 3. The van der Waals surface area contributed by atoms with Gasteiger partial charge in [0.05, 0.1) is 0 Å². The molecule has 0 radical (unpaired) electrons. The summed E-state index contributed by atoms with van der Waals surface area (Å²) >= 11 is 1.33. The Morgan fingerprint density at radius 1 is 1.12 bits per heavy atom. The number of hydrogen-bond donors (Lipinski definition) is 0. The van der Waals surface area contributed by atoms with Gasteiger partial charge in [-0.3, -0.25) is 14.4 Å². The molecule has 11 heteroatoms. The molecule has 2 unspecified atom stereocenters. The van der Waals surface area contributed by atoms with Crippen molar-refractivity contribution in [3.05, 3.63) is 10.4 Å². The number of rotatable bonds is 7. The zero-order chi connectivity index (χ0) is 19.0. The molecular weight excluding hydrogens is 354 g/mol. The molecular formula is C14H21N3O7S. The molecule has 25 heavy (non-hydrogen) atoms. The molecule has 0 spiro atoms. The summed E-state index contributed by atoms with van der Waals surface area (Å²) in [6.45, 7) is 5.28. The van der Waals surface area contributed by atoms with Crippen molar-refractivity contribution in [2.24, 2.45) is 5.11 Å².